The first kappa shape index (κ1) is 35.7. The van der Waals surface area contributed by atoms with Crippen LogP contribution in [-0.4, -0.2) is 59.2 Å². The topological polar surface area (TPSA) is 125 Å². The van der Waals surface area contributed by atoms with Gasteiger partial charge in [-0.3, -0.25) is 9.59 Å². The van der Waals surface area contributed by atoms with E-state index < -0.39 is 89.1 Å². The second kappa shape index (κ2) is 12.6. The van der Waals surface area contributed by atoms with E-state index in [0.717, 1.165) is 12.2 Å². The van der Waals surface area contributed by atoms with Gasteiger partial charge in [0.05, 0.1) is 16.7 Å². The van der Waals surface area contributed by atoms with E-state index in [1.54, 1.807) is 13.8 Å². The molecule has 0 aromatic heterocycles. The molecule has 0 radical (unpaired) electrons. The van der Waals surface area contributed by atoms with Crippen LogP contribution in [0.1, 0.15) is 57.3 Å². The van der Waals surface area contributed by atoms with Gasteiger partial charge in [-0.05, 0) is 86.2 Å². The van der Waals surface area contributed by atoms with Crippen molar-refractivity contribution in [2.45, 2.75) is 70.5 Å². The molecular weight excluding hydrogens is 681 g/mol. The standard InChI is InChI=1S/C37H36ClF3O9/c1-19-13-25-26-16-29(40)27-14-22(43)11-12-34(27,3)36(26,41)31(44)17-35(25,4)37(19,33(46)47-18-39)50-32(45)21-5-7-23(8-6-21)49-24-9-10-30(28(38)15-24)48-20(2)42/h5-12,14-15,19,25-26,29,31,44H,13,16-18H2,1-4H3/t19-,25+,26+,29+,31+,34+,35+,36+,37+/m1/s1. The van der Waals surface area contributed by atoms with Crippen LogP contribution in [0, 0.1) is 28.6 Å². The number of hydrogen-bond donors (Lipinski definition) is 1. The summed E-state index contributed by atoms with van der Waals surface area (Å²) in [5, 5.41) is 11.8. The fourth-order valence-corrected chi connectivity index (χ4v) is 9.37. The highest BCUT2D eigenvalue weighted by atomic mass is 35.5. The van der Waals surface area contributed by atoms with Crippen molar-refractivity contribution < 1.29 is 56.4 Å². The third-order valence-electron chi connectivity index (χ3n) is 11.4. The maximum absolute atomic E-state index is 17.6. The molecule has 2 aromatic rings. The smallest absolute Gasteiger partial charge is 0.353 e. The molecule has 9 atom stereocenters. The first-order valence-electron chi connectivity index (χ1n) is 16.2. The molecule has 4 aliphatic rings. The van der Waals surface area contributed by atoms with Crippen LogP contribution in [0.4, 0.5) is 13.2 Å². The van der Waals surface area contributed by atoms with Crippen LogP contribution in [0.3, 0.4) is 0 Å². The van der Waals surface area contributed by atoms with E-state index >= 15 is 8.78 Å². The first-order valence-corrected chi connectivity index (χ1v) is 16.6. The fraction of sp³-hybridized carbons (Fsp3) is 0.459. The Balaban J connectivity index is 1.30. The Labute approximate surface area is 291 Å². The number of ketones is 1. The van der Waals surface area contributed by atoms with Gasteiger partial charge in [0.15, 0.2) is 11.5 Å². The number of carbonyl (C=O) groups excluding carboxylic acids is 4. The monoisotopic (exact) mass is 716 g/mol. The third kappa shape index (κ3) is 5.25. The number of rotatable bonds is 7. The molecule has 266 valence electrons. The number of benzene rings is 2. The van der Waals surface area contributed by atoms with Crippen molar-refractivity contribution >= 4 is 35.3 Å². The lowest BCUT2D eigenvalue weighted by Crippen LogP contribution is -2.71. The maximum atomic E-state index is 17.6. The summed E-state index contributed by atoms with van der Waals surface area (Å²) in [5.41, 5.74) is -7.85. The average Bonchev–Trinajstić information content (AvgIpc) is 3.27. The number of ether oxygens (including phenoxy) is 4. The number of hydrogen-bond acceptors (Lipinski definition) is 9. The highest BCUT2D eigenvalue weighted by Crippen LogP contribution is 2.71. The number of carbonyl (C=O) groups is 4. The van der Waals surface area contributed by atoms with Gasteiger partial charge in [0.1, 0.15) is 23.4 Å². The van der Waals surface area contributed by atoms with Gasteiger partial charge in [-0.25, -0.2) is 22.8 Å². The van der Waals surface area contributed by atoms with Crippen LogP contribution < -0.4 is 9.47 Å². The van der Waals surface area contributed by atoms with Gasteiger partial charge in [-0.2, -0.15) is 0 Å². The van der Waals surface area contributed by atoms with E-state index in [-0.39, 0.29) is 34.8 Å². The quantitative estimate of drug-likeness (QED) is 0.239. The lowest BCUT2D eigenvalue weighted by molar-refractivity contribution is -0.232. The van der Waals surface area contributed by atoms with Crippen LogP contribution in [0.15, 0.2) is 66.3 Å². The molecule has 6 rings (SSSR count). The Bertz CT molecular complexity index is 1810. The van der Waals surface area contributed by atoms with E-state index in [4.69, 9.17) is 30.5 Å². The largest absolute Gasteiger partial charge is 0.457 e. The normalized spacial score (nSPS) is 35.6. The van der Waals surface area contributed by atoms with Gasteiger partial charge in [0, 0.05) is 35.7 Å². The molecule has 2 aromatic carbocycles. The van der Waals surface area contributed by atoms with Gasteiger partial charge in [0.2, 0.25) is 12.5 Å². The summed E-state index contributed by atoms with van der Waals surface area (Å²) in [6.45, 7) is 4.32. The molecule has 0 saturated heterocycles. The molecule has 3 saturated carbocycles. The minimum Gasteiger partial charge on any atom is -0.457 e. The maximum Gasteiger partial charge on any atom is 0.353 e. The molecule has 0 heterocycles. The van der Waals surface area contributed by atoms with Crippen molar-refractivity contribution in [2.75, 3.05) is 6.86 Å². The van der Waals surface area contributed by atoms with Gasteiger partial charge in [-0.1, -0.05) is 31.5 Å². The summed E-state index contributed by atoms with van der Waals surface area (Å²) in [5.74, 6) is -5.29. The molecule has 50 heavy (non-hydrogen) atoms. The number of aliphatic hydroxyl groups excluding tert-OH is 1. The van der Waals surface area contributed by atoms with Crippen molar-refractivity contribution in [1.82, 2.24) is 0 Å². The fourth-order valence-electron chi connectivity index (χ4n) is 9.16. The van der Waals surface area contributed by atoms with Gasteiger partial charge < -0.3 is 24.1 Å². The third-order valence-corrected chi connectivity index (χ3v) is 11.7. The molecule has 13 heteroatoms. The van der Waals surface area contributed by atoms with Crippen LogP contribution in [0.25, 0.3) is 0 Å². The zero-order chi connectivity index (χ0) is 36.4. The van der Waals surface area contributed by atoms with Gasteiger partial charge in [-0.15, -0.1) is 0 Å². The van der Waals surface area contributed by atoms with Crippen molar-refractivity contribution in [3.05, 3.63) is 76.9 Å². The average molecular weight is 717 g/mol. The molecule has 0 amide bonds. The van der Waals surface area contributed by atoms with E-state index in [9.17, 15) is 28.7 Å². The lowest BCUT2D eigenvalue weighted by Gasteiger charge is -2.63. The van der Waals surface area contributed by atoms with Gasteiger partial charge >= 0.3 is 17.9 Å². The van der Waals surface area contributed by atoms with Crippen molar-refractivity contribution in [1.29, 1.82) is 0 Å². The number of aliphatic hydroxyl groups is 1. The van der Waals surface area contributed by atoms with Crippen LogP contribution in [0.5, 0.6) is 17.2 Å². The molecular formula is C37H36ClF3O9. The first-order chi connectivity index (χ1) is 23.5. The second-order valence-electron chi connectivity index (χ2n) is 14.0. The van der Waals surface area contributed by atoms with E-state index in [1.165, 1.54) is 62.4 Å². The minimum atomic E-state index is -2.44. The van der Waals surface area contributed by atoms with E-state index in [1.807, 2.05) is 0 Å². The van der Waals surface area contributed by atoms with E-state index in [2.05, 4.69) is 0 Å². The molecule has 1 N–H and O–H groups in total. The SMILES string of the molecule is CC(=O)Oc1ccc(Oc2ccc(C(=O)O[C@]3(C(=O)OCF)[C@H](C)C[C@H]4[C@@H]5C[C@H](F)C6=CC(=O)C=C[C@]6(C)[C@@]5(F)[C@@H](O)C[C@@]43C)cc2)cc1Cl. The number of halogens is 4. The Morgan fingerprint density at radius 2 is 1.72 bits per heavy atom. The Kier molecular flexibility index (Phi) is 8.96. The molecule has 9 nitrogen and oxygen atoms in total. The van der Waals surface area contributed by atoms with Crippen LogP contribution >= 0.6 is 11.6 Å². The van der Waals surface area contributed by atoms with Crippen molar-refractivity contribution in [2.24, 2.45) is 28.6 Å². The zero-order valence-corrected chi connectivity index (χ0v) is 28.5. The number of alkyl halides is 3. The number of esters is 3. The molecule has 0 spiro atoms. The van der Waals surface area contributed by atoms with Crippen molar-refractivity contribution in [3.63, 3.8) is 0 Å². The molecule has 3 fully saturated rings. The number of fused-ring (bicyclic) bond motifs is 5. The predicted molar refractivity (Wildman–Crippen MR) is 173 cm³/mol. The summed E-state index contributed by atoms with van der Waals surface area (Å²) in [7, 11) is 0. The predicted octanol–water partition coefficient (Wildman–Crippen LogP) is 6.99. The lowest BCUT2D eigenvalue weighted by atomic mass is 9.44. The Morgan fingerprint density at radius 1 is 1.04 bits per heavy atom. The zero-order valence-electron chi connectivity index (χ0n) is 27.7. The Morgan fingerprint density at radius 3 is 2.36 bits per heavy atom. The molecule has 0 aliphatic heterocycles. The minimum absolute atomic E-state index is 0.00996. The highest BCUT2D eigenvalue weighted by molar-refractivity contribution is 6.32. The number of allylic oxidation sites excluding steroid dienone is 4. The summed E-state index contributed by atoms with van der Waals surface area (Å²) in [6.07, 6.45) is -0.676. The summed E-state index contributed by atoms with van der Waals surface area (Å²) >= 11 is 6.17. The van der Waals surface area contributed by atoms with E-state index in [0.29, 0.717) is 11.5 Å². The summed E-state index contributed by atoms with van der Waals surface area (Å²) < 4.78 is 68.9. The van der Waals surface area contributed by atoms with Crippen LogP contribution in [0.2, 0.25) is 5.02 Å². The Hall–Kier alpha value is -4.16. The molecule has 0 unspecified atom stereocenters. The summed E-state index contributed by atoms with van der Waals surface area (Å²) in [6, 6.07) is 10.1. The summed E-state index contributed by atoms with van der Waals surface area (Å²) in [4.78, 5) is 51.0. The molecule has 0 bridgehead atoms. The van der Waals surface area contributed by atoms with Crippen LogP contribution in [-0.2, 0) is 23.9 Å². The molecule has 4 aliphatic carbocycles. The second-order valence-corrected chi connectivity index (χ2v) is 14.4. The highest BCUT2D eigenvalue weighted by Gasteiger charge is 2.78. The van der Waals surface area contributed by atoms with Crippen molar-refractivity contribution in [3.8, 4) is 17.2 Å². The van der Waals surface area contributed by atoms with Gasteiger partial charge in [0.25, 0.3) is 0 Å².